The van der Waals surface area contributed by atoms with Gasteiger partial charge in [0.25, 0.3) is 0 Å². The Balaban J connectivity index is 1.81. The SMILES string of the molecule is CC(C)(C)OC(=O)N1CCCC(NC2CCC2F)C1. The average Bonchev–Trinajstić information content (AvgIpc) is 2.32. The van der Waals surface area contributed by atoms with E-state index in [9.17, 15) is 9.18 Å². The van der Waals surface area contributed by atoms with Gasteiger partial charge in [-0.05, 0) is 46.5 Å². The van der Waals surface area contributed by atoms with E-state index in [1.54, 1.807) is 4.90 Å². The zero-order valence-corrected chi connectivity index (χ0v) is 12.1. The van der Waals surface area contributed by atoms with E-state index in [-0.39, 0.29) is 18.2 Å². The minimum Gasteiger partial charge on any atom is -0.444 e. The molecule has 19 heavy (non-hydrogen) atoms. The van der Waals surface area contributed by atoms with E-state index in [0.29, 0.717) is 13.0 Å². The lowest BCUT2D eigenvalue weighted by Gasteiger charge is -2.39. The number of rotatable bonds is 2. The second-order valence-corrected chi connectivity index (χ2v) is 6.63. The number of carbonyl (C=O) groups is 1. The summed E-state index contributed by atoms with van der Waals surface area (Å²) >= 11 is 0. The topological polar surface area (TPSA) is 41.6 Å². The third kappa shape index (κ3) is 4.06. The Kier molecular flexibility index (Phi) is 4.33. The van der Waals surface area contributed by atoms with Gasteiger partial charge in [-0.15, -0.1) is 0 Å². The molecule has 1 aliphatic carbocycles. The van der Waals surface area contributed by atoms with E-state index in [0.717, 1.165) is 25.8 Å². The van der Waals surface area contributed by atoms with Crippen LogP contribution in [0.1, 0.15) is 46.5 Å². The second-order valence-electron chi connectivity index (χ2n) is 6.63. The maximum atomic E-state index is 13.2. The molecule has 110 valence electrons. The first kappa shape index (κ1) is 14.6. The number of nitrogens with zero attached hydrogens (tertiary/aromatic N) is 1. The molecule has 3 unspecified atom stereocenters. The number of carbonyl (C=O) groups excluding carboxylic acids is 1. The number of hydrogen-bond donors (Lipinski definition) is 1. The monoisotopic (exact) mass is 272 g/mol. The third-order valence-corrected chi connectivity index (χ3v) is 3.71. The molecule has 0 aromatic carbocycles. The van der Waals surface area contributed by atoms with Crippen LogP contribution in [0.25, 0.3) is 0 Å². The second kappa shape index (κ2) is 5.65. The van der Waals surface area contributed by atoms with Crippen LogP contribution in [-0.2, 0) is 4.74 Å². The van der Waals surface area contributed by atoms with Crippen LogP contribution in [0.2, 0.25) is 0 Å². The van der Waals surface area contributed by atoms with Gasteiger partial charge in [-0.2, -0.15) is 0 Å². The highest BCUT2D eigenvalue weighted by molar-refractivity contribution is 5.68. The van der Waals surface area contributed by atoms with E-state index in [1.807, 2.05) is 20.8 Å². The number of likely N-dealkylation sites (tertiary alicyclic amines) is 1. The van der Waals surface area contributed by atoms with Crippen LogP contribution in [0.5, 0.6) is 0 Å². The lowest BCUT2D eigenvalue weighted by Crippen LogP contribution is -2.56. The Labute approximate surface area is 114 Å². The molecule has 1 saturated carbocycles. The Bertz CT molecular complexity index is 330. The fraction of sp³-hybridized carbons (Fsp3) is 0.929. The lowest BCUT2D eigenvalue weighted by atomic mass is 9.89. The van der Waals surface area contributed by atoms with Crippen LogP contribution in [0.4, 0.5) is 9.18 Å². The Morgan fingerprint density at radius 1 is 1.32 bits per heavy atom. The Hall–Kier alpha value is -0.840. The van der Waals surface area contributed by atoms with Crippen molar-refractivity contribution in [2.75, 3.05) is 13.1 Å². The molecule has 0 aromatic rings. The first-order chi connectivity index (χ1) is 8.85. The minimum absolute atomic E-state index is 0.0106. The normalized spacial score (nSPS) is 31.8. The zero-order valence-electron chi connectivity index (χ0n) is 12.1. The summed E-state index contributed by atoms with van der Waals surface area (Å²) in [5, 5.41) is 3.33. The summed E-state index contributed by atoms with van der Waals surface area (Å²) in [4.78, 5) is 13.7. The van der Waals surface area contributed by atoms with Crippen LogP contribution < -0.4 is 5.32 Å². The number of ether oxygens (including phenoxy) is 1. The van der Waals surface area contributed by atoms with Crippen LogP contribution >= 0.6 is 0 Å². The fourth-order valence-corrected chi connectivity index (χ4v) is 2.56. The highest BCUT2D eigenvalue weighted by atomic mass is 19.1. The van der Waals surface area contributed by atoms with Crippen molar-refractivity contribution < 1.29 is 13.9 Å². The predicted octanol–water partition coefficient (Wildman–Crippen LogP) is 2.48. The maximum absolute atomic E-state index is 13.2. The van der Waals surface area contributed by atoms with Crippen molar-refractivity contribution in [2.24, 2.45) is 0 Å². The summed E-state index contributed by atoms with van der Waals surface area (Å²) < 4.78 is 18.6. The van der Waals surface area contributed by atoms with Gasteiger partial charge in [-0.1, -0.05) is 0 Å². The third-order valence-electron chi connectivity index (χ3n) is 3.71. The maximum Gasteiger partial charge on any atom is 0.410 e. The van der Waals surface area contributed by atoms with Crippen LogP contribution in [-0.4, -0.2) is 47.9 Å². The molecule has 2 aliphatic rings. The first-order valence-corrected chi connectivity index (χ1v) is 7.23. The van der Waals surface area contributed by atoms with E-state index < -0.39 is 11.8 Å². The van der Waals surface area contributed by atoms with Gasteiger partial charge in [-0.3, -0.25) is 0 Å². The van der Waals surface area contributed by atoms with Crippen molar-refractivity contribution in [3.05, 3.63) is 0 Å². The van der Waals surface area contributed by atoms with Gasteiger partial charge < -0.3 is 15.0 Å². The van der Waals surface area contributed by atoms with Gasteiger partial charge >= 0.3 is 6.09 Å². The molecule has 1 amide bonds. The quantitative estimate of drug-likeness (QED) is 0.839. The van der Waals surface area contributed by atoms with Gasteiger partial charge in [-0.25, -0.2) is 9.18 Å². The van der Waals surface area contributed by atoms with Crippen molar-refractivity contribution in [3.63, 3.8) is 0 Å². The smallest absolute Gasteiger partial charge is 0.410 e. The van der Waals surface area contributed by atoms with E-state index >= 15 is 0 Å². The lowest BCUT2D eigenvalue weighted by molar-refractivity contribution is 0.0165. The van der Waals surface area contributed by atoms with Crippen molar-refractivity contribution in [2.45, 2.75) is 70.3 Å². The van der Waals surface area contributed by atoms with Gasteiger partial charge in [0.2, 0.25) is 0 Å². The van der Waals surface area contributed by atoms with E-state index in [4.69, 9.17) is 4.74 Å². The van der Waals surface area contributed by atoms with Crippen LogP contribution in [0.15, 0.2) is 0 Å². The number of amides is 1. The number of halogens is 1. The molecule has 2 rings (SSSR count). The molecule has 1 saturated heterocycles. The van der Waals surface area contributed by atoms with Crippen molar-refractivity contribution in [1.29, 1.82) is 0 Å². The molecule has 0 radical (unpaired) electrons. The molecule has 0 spiro atoms. The van der Waals surface area contributed by atoms with Gasteiger partial charge in [0.1, 0.15) is 11.8 Å². The van der Waals surface area contributed by atoms with Crippen LogP contribution in [0, 0.1) is 0 Å². The first-order valence-electron chi connectivity index (χ1n) is 7.23. The number of alkyl halides is 1. The summed E-state index contributed by atoms with van der Waals surface area (Å²) in [6.07, 6.45) is 2.55. The van der Waals surface area contributed by atoms with E-state index in [1.165, 1.54) is 0 Å². The predicted molar refractivity (Wildman–Crippen MR) is 71.9 cm³/mol. The molecule has 3 atom stereocenters. The number of nitrogens with one attached hydrogen (secondary N) is 1. The average molecular weight is 272 g/mol. The summed E-state index contributed by atoms with van der Waals surface area (Å²) in [5.74, 6) is 0. The molecule has 1 N–H and O–H groups in total. The Morgan fingerprint density at radius 3 is 2.58 bits per heavy atom. The molecule has 4 nitrogen and oxygen atoms in total. The molecule has 0 aromatic heterocycles. The van der Waals surface area contributed by atoms with Gasteiger partial charge in [0.15, 0.2) is 0 Å². The van der Waals surface area contributed by atoms with Crippen molar-refractivity contribution >= 4 is 6.09 Å². The molecular formula is C14H25FN2O2. The minimum atomic E-state index is -0.711. The molecule has 0 bridgehead atoms. The Morgan fingerprint density at radius 2 is 2.05 bits per heavy atom. The van der Waals surface area contributed by atoms with Crippen LogP contribution in [0.3, 0.4) is 0 Å². The number of piperidine rings is 1. The summed E-state index contributed by atoms with van der Waals surface area (Å²) in [6.45, 7) is 6.96. The fourth-order valence-electron chi connectivity index (χ4n) is 2.56. The summed E-state index contributed by atoms with van der Waals surface area (Å²) in [5.41, 5.74) is -0.463. The molecular weight excluding hydrogens is 247 g/mol. The summed E-state index contributed by atoms with van der Waals surface area (Å²) in [7, 11) is 0. The largest absolute Gasteiger partial charge is 0.444 e. The van der Waals surface area contributed by atoms with Crippen molar-refractivity contribution in [1.82, 2.24) is 10.2 Å². The zero-order chi connectivity index (χ0) is 14.0. The molecule has 5 heteroatoms. The van der Waals surface area contributed by atoms with Gasteiger partial charge in [0, 0.05) is 25.2 Å². The summed E-state index contributed by atoms with van der Waals surface area (Å²) in [6, 6.07) is 0.188. The standard InChI is InChI=1S/C14H25FN2O2/c1-14(2,3)19-13(18)17-8-4-5-10(9-17)16-12-7-6-11(12)15/h10-12,16H,4-9H2,1-3H3. The van der Waals surface area contributed by atoms with Crippen molar-refractivity contribution in [3.8, 4) is 0 Å². The van der Waals surface area contributed by atoms with E-state index in [2.05, 4.69) is 5.32 Å². The number of hydrogen-bond acceptors (Lipinski definition) is 3. The molecule has 2 fully saturated rings. The molecule has 1 aliphatic heterocycles. The highest BCUT2D eigenvalue weighted by Gasteiger charge is 2.34. The highest BCUT2D eigenvalue weighted by Crippen LogP contribution is 2.25. The van der Waals surface area contributed by atoms with Gasteiger partial charge in [0.05, 0.1) is 0 Å². The molecule has 1 heterocycles.